The fraction of sp³-hybridized carbons (Fsp3) is 0.194. The Bertz CT molecular complexity index is 1350. The number of aliphatic carboxylic acids is 1. The van der Waals surface area contributed by atoms with Gasteiger partial charge in [0.05, 0.1) is 0 Å². The maximum Gasteiger partial charge on any atom is 0.323 e. The van der Waals surface area contributed by atoms with Crippen LogP contribution in [0, 0.1) is 0 Å². The highest BCUT2D eigenvalue weighted by atomic mass is 32.1. The van der Waals surface area contributed by atoms with Crippen molar-refractivity contribution < 1.29 is 19.4 Å². The quantitative estimate of drug-likeness (QED) is 0.360. The first-order chi connectivity index (χ1) is 18.6. The normalized spacial score (nSPS) is 15.6. The number of hydrogen-bond acceptors (Lipinski definition) is 6. The van der Waals surface area contributed by atoms with Gasteiger partial charge in [-0.25, -0.2) is 0 Å². The molecular formula is C31H31N3O4S. The molecule has 0 saturated carbocycles. The number of carboxylic acid groups (broad SMARTS) is 1. The number of nitrogens with zero attached hydrogens (tertiary/aromatic N) is 3. The summed E-state index contributed by atoms with van der Waals surface area (Å²) >= 11 is 5.14. The number of ether oxygens (including phenoxy) is 1. The molecular weight excluding hydrogens is 510 g/mol. The smallest absolute Gasteiger partial charge is 0.323 e. The topological polar surface area (TPSA) is 73.3 Å². The molecule has 39 heavy (non-hydrogen) atoms. The number of benzene rings is 2. The minimum absolute atomic E-state index is 0.0309. The van der Waals surface area contributed by atoms with Crippen molar-refractivity contribution >= 4 is 52.8 Å². The molecule has 2 aromatic rings. The molecule has 1 N–H and O–H groups in total. The lowest BCUT2D eigenvalue weighted by molar-refractivity contribution is -0.140. The molecule has 2 aromatic carbocycles. The van der Waals surface area contributed by atoms with Crippen molar-refractivity contribution in [3.8, 4) is 0 Å². The first-order valence-electron chi connectivity index (χ1n) is 12.4. The number of rotatable bonds is 8. The van der Waals surface area contributed by atoms with Gasteiger partial charge in [-0.15, -0.1) is 0 Å². The van der Waals surface area contributed by atoms with Gasteiger partial charge in [0.1, 0.15) is 6.54 Å². The van der Waals surface area contributed by atoms with Crippen molar-refractivity contribution in [3.05, 3.63) is 106 Å². The second-order valence-corrected chi connectivity index (χ2v) is 10.0. The number of amides is 1. The Morgan fingerprint density at radius 1 is 0.872 bits per heavy atom. The van der Waals surface area contributed by atoms with Gasteiger partial charge in [0.2, 0.25) is 5.76 Å². The summed E-state index contributed by atoms with van der Waals surface area (Å²) in [4.78, 5) is 29.3. The lowest BCUT2D eigenvalue weighted by Crippen LogP contribution is -2.33. The number of thiocarbonyl (C=S) groups is 1. The third-order valence-electron chi connectivity index (χ3n) is 6.29. The van der Waals surface area contributed by atoms with Crippen LogP contribution in [0.15, 0.2) is 95.3 Å². The largest absolute Gasteiger partial charge is 0.480 e. The van der Waals surface area contributed by atoms with Crippen LogP contribution in [0.25, 0.3) is 12.2 Å². The van der Waals surface area contributed by atoms with Gasteiger partial charge < -0.3 is 19.6 Å². The lowest BCUT2D eigenvalue weighted by Gasteiger charge is -2.14. The number of carboxylic acids is 1. The first-order valence-corrected chi connectivity index (χ1v) is 12.8. The van der Waals surface area contributed by atoms with E-state index >= 15 is 0 Å². The van der Waals surface area contributed by atoms with Gasteiger partial charge in [-0.3, -0.25) is 14.5 Å². The van der Waals surface area contributed by atoms with Crippen LogP contribution < -0.4 is 9.80 Å². The summed E-state index contributed by atoms with van der Waals surface area (Å²) < 4.78 is 5.60. The van der Waals surface area contributed by atoms with E-state index in [4.69, 9.17) is 22.1 Å². The van der Waals surface area contributed by atoms with Crippen LogP contribution in [0.4, 0.5) is 11.4 Å². The van der Waals surface area contributed by atoms with Crippen molar-refractivity contribution in [2.45, 2.75) is 6.42 Å². The van der Waals surface area contributed by atoms with Crippen molar-refractivity contribution in [2.75, 3.05) is 44.5 Å². The number of carbonyl (C=O) groups is 2. The SMILES string of the molecule is CN(C)c1ccc(C=CC2=CC(=C3OC(=S)N(CC(=O)O)C3=O)C=C(C=Cc3ccc(N(C)C)cc3)C2)cc1. The second kappa shape index (κ2) is 12.0. The third kappa shape index (κ3) is 6.91. The monoisotopic (exact) mass is 541 g/mol. The Hall–Kier alpha value is -4.43. The van der Waals surface area contributed by atoms with Crippen molar-refractivity contribution in [3.63, 3.8) is 0 Å². The Kier molecular flexibility index (Phi) is 8.46. The average molecular weight is 542 g/mol. The van der Waals surface area contributed by atoms with Gasteiger partial charge in [0.25, 0.3) is 11.1 Å². The number of allylic oxidation sites excluding steroid dienone is 7. The minimum Gasteiger partial charge on any atom is -0.480 e. The molecule has 1 amide bonds. The van der Waals surface area contributed by atoms with Crippen LogP contribution in [0.2, 0.25) is 0 Å². The molecule has 2 aliphatic rings. The van der Waals surface area contributed by atoms with Crippen molar-refractivity contribution in [2.24, 2.45) is 0 Å². The van der Waals surface area contributed by atoms with E-state index in [0.717, 1.165) is 38.5 Å². The zero-order valence-electron chi connectivity index (χ0n) is 22.4. The summed E-state index contributed by atoms with van der Waals surface area (Å²) in [5.74, 6) is -1.69. The van der Waals surface area contributed by atoms with E-state index in [-0.39, 0.29) is 10.9 Å². The molecule has 4 rings (SSSR count). The molecule has 0 radical (unpaired) electrons. The zero-order chi connectivity index (χ0) is 28.1. The fourth-order valence-electron chi connectivity index (χ4n) is 4.14. The Labute approximate surface area is 234 Å². The molecule has 8 heteroatoms. The highest BCUT2D eigenvalue weighted by Gasteiger charge is 2.36. The van der Waals surface area contributed by atoms with Crippen LogP contribution in [0.5, 0.6) is 0 Å². The van der Waals surface area contributed by atoms with Gasteiger partial charge in [-0.2, -0.15) is 0 Å². The first kappa shape index (κ1) is 27.6. The van der Waals surface area contributed by atoms with Crippen LogP contribution in [0.1, 0.15) is 17.5 Å². The molecule has 0 spiro atoms. The summed E-state index contributed by atoms with van der Waals surface area (Å²) in [7, 11) is 8.00. The van der Waals surface area contributed by atoms with E-state index in [1.165, 1.54) is 0 Å². The van der Waals surface area contributed by atoms with E-state index in [0.29, 0.717) is 12.0 Å². The van der Waals surface area contributed by atoms with Crippen molar-refractivity contribution in [1.29, 1.82) is 0 Å². The maximum atomic E-state index is 13.0. The number of anilines is 2. The van der Waals surface area contributed by atoms with Gasteiger partial charge in [-0.05, 0) is 77.3 Å². The molecule has 1 aliphatic carbocycles. The number of hydrogen-bond donors (Lipinski definition) is 1. The average Bonchev–Trinajstić information content (AvgIpc) is 3.19. The predicted octanol–water partition coefficient (Wildman–Crippen LogP) is 5.28. The van der Waals surface area contributed by atoms with Gasteiger partial charge in [0.15, 0.2) is 0 Å². The number of carbonyl (C=O) groups excluding carboxylic acids is 1. The summed E-state index contributed by atoms with van der Waals surface area (Å²) in [6.45, 7) is -0.548. The molecule has 1 saturated heterocycles. The molecule has 0 aromatic heterocycles. The van der Waals surface area contributed by atoms with E-state index in [2.05, 4.69) is 48.5 Å². The minimum atomic E-state index is -1.16. The predicted molar refractivity (Wildman–Crippen MR) is 160 cm³/mol. The third-order valence-corrected chi connectivity index (χ3v) is 6.60. The van der Waals surface area contributed by atoms with E-state index < -0.39 is 18.4 Å². The summed E-state index contributed by atoms with van der Waals surface area (Å²) in [5.41, 5.74) is 6.81. The summed E-state index contributed by atoms with van der Waals surface area (Å²) in [5, 5.41) is 9.01. The summed E-state index contributed by atoms with van der Waals surface area (Å²) in [6.07, 6.45) is 12.5. The van der Waals surface area contributed by atoms with Gasteiger partial charge in [-0.1, -0.05) is 48.6 Å². The molecule has 1 heterocycles. The van der Waals surface area contributed by atoms with Gasteiger partial charge >= 0.3 is 5.97 Å². The van der Waals surface area contributed by atoms with E-state index in [9.17, 15) is 9.59 Å². The van der Waals surface area contributed by atoms with Crippen molar-refractivity contribution in [1.82, 2.24) is 4.90 Å². The highest BCUT2D eigenvalue weighted by molar-refractivity contribution is 7.80. The highest BCUT2D eigenvalue weighted by Crippen LogP contribution is 2.30. The summed E-state index contributed by atoms with van der Waals surface area (Å²) in [6, 6.07) is 16.4. The molecule has 0 bridgehead atoms. The van der Waals surface area contributed by atoms with Crippen LogP contribution >= 0.6 is 12.2 Å². The standard InChI is InChI=1S/C31H31N3O4S/c1-32(2)26-13-9-21(10-14-26)5-7-23-17-24(8-6-22-11-15-27(16-12-22)33(3)4)19-25(18-23)29-30(37)34(20-28(35)36)31(39)38-29/h5-16,18-19H,17,20H2,1-4H3,(H,35,36). The fourth-order valence-corrected chi connectivity index (χ4v) is 4.37. The van der Waals surface area contributed by atoms with Crippen LogP contribution in [-0.2, 0) is 14.3 Å². The van der Waals surface area contributed by atoms with E-state index in [1.807, 2.05) is 74.4 Å². The molecule has 200 valence electrons. The molecule has 1 fully saturated rings. The lowest BCUT2D eigenvalue weighted by atomic mass is 9.92. The van der Waals surface area contributed by atoms with E-state index in [1.54, 1.807) is 0 Å². The Balaban J connectivity index is 1.65. The Morgan fingerprint density at radius 3 is 1.74 bits per heavy atom. The maximum absolute atomic E-state index is 13.0. The molecule has 0 unspecified atom stereocenters. The van der Waals surface area contributed by atoms with Crippen LogP contribution in [-0.4, -0.2) is 61.8 Å². The zero-order valence-corrected chi connectivity index (χ0v) is 23.2. The molecule has 1 aliphatic heterocycles. The van der Waals surface area contributed by atoms with Crippen LogP contribution in [0.3, 0.4) is 0 Å². The van der Waals surface area contributed by atoms with Gasteiger partial charge in [0, 0.05) is 45.1 Å². The molecule has 7 nitrogen and oxygen atoms in total. The Morgan fingerprint density at radius 2 is 1.33 bits per heavy atom. The second-order valence-electron chi connectivity index (χ2n) is 9.69. The molecule has 0 atom stereocenters.